The molecule has 0 fully saturated rings. The van der Waals surface area contributed by atoms with Gasteiger partial charge in [-0.05, 0) is 61.8 Å². The van der Waals surface area contributed by atoms with E-state index in [0.717, 1.165) is 36.6 Å². The Bertz CT molecular complexity index is 1080. The molecule has 7 nitrogen and oxygen atoms in total. The Balaban J connectivity index is 1.35. The molecule has 1 spiro atoms. The van der Waals surface area contributed by atoms with Crippen molar-refractivity contribution in [3.63, 3.8) is 0 Å². The van der Waals surface area contributed by atoms with E-state index in [9.17, 15) is 9.90 Å². The summed E-state index contributed by atoms with van der Waals surface area (Å²) < 4.78 is 17.9. The van der Waals surface area contributed by atoms with E-state index in [4.69, 9.17) is 19.9 Å². The molecule has 3 N–H and O–H groups in total. The maximum Gasteiger partial charge on any atom is 0.323 e. The third-order valence-corrected chi connectivity index (χ3v) is 7.09. The van der Waals surface area contributed by atoms with Gasteiger partial charge in [0, 0.05) is 18.5 Å². The first-order chi connectivity index (χ1) is 15.9. The number of phenols is 1. The number of carbonyl (C=O) groups is 1. The summed E-state index contributed by atoms with van der Waals surface area (Å²) in [4.78, 5) is 15.0. The van der Waals surface area contributed by atoms with Crippen LogP contribution < -0.4 is 15.2 Å². The summed E-state index contributed by atoms with van der Waals surface area (Å²) in [6.07, 6.45) is 5.48. The molecule has 0 bridgehead atoms. The van der Waals surface area contributed by atoms with Gasteiger partial charge in [0.25, 0.3) is 0 Å². The number of carbonyl (C=O) groups excluding carboxylic acids is 1. The fourth-order valence-electron chi connectivity index (χ4n) is 5.36. The molecule has 3 aliphatic rings. The van der Waals surface area contributed by atoms with E-state index in [-0.39, 0.29) is 17.3 Å². The molecule has 5 rings (SSSR count). The topological polar surface area (TPSA) is 94.2 Å². The standard InChI is InChI=1S/C26H30N2O5/c1-28-12-11-26-10-9-19(32-25(30)20(27)13-16-3-6-18(29)7-4-16)14-22(26)33-24-21(31-2)8-5-17(15-28)23(24)26/h3-10,19-20,22,29H,11-15,27H2,1-2H3/t19-,20-,22-,26-/m0/s1. The van der Waals surface area contributed by atoms with Gasteiger partial charge in [0.15, 0.2) is 11.5 Å². The third-order valence-electron chi connectivity index (χ3n) is 7.09. The Hall–Kier alpha value is -3.03. The van der Waals surface area contributed by atoms with Gasteiger partial charge in [0.2, 0.25) is 0 Å². The molecule has 33 heavy (non-hydrogen) atoms. The number of nitrogens with two attached hydrogens (primary N) is 1. The Labute approximate surface area is 193 Å². The molecule has 174 valence electrons. The molecular weight excluding hydrogens is 420 g/mol. The SMILES string of the molecule is COc1ccc2c3c1O[C@H]1C[C@@H](OC(=O)[C@@H](N)Cc4ccc(O)cc4)C=C[C@@]31CCN(C)C2. The molecule has 0 aromatic heterocycles. The number of nitrogens with zero attached hydrogens (tertiary/aromatic N) is 1. The van der Waals surface area contributed by atoms with Crippen LogP contribution in [0.15, 0.2) is 48.6 Å². The Morgan fingerprint density at radius 3 is 2.85 bits per heavy atom. The van der Waals surface area contributed by atoms with Gasteiger partial charge in [-0.2, -0.15) is 0 Å². The van der Waals surface area contributed by atoms with Crippen LogP contribution in [0, 0.1) is 0 Å². The van der Waals surface area contributed by atoms with Gasteiger partial charge >= 0.3 is 5.97 Å². The van der Waals surface area contributed by atoms with E-state index in [0.29, 0.717) is 12.8 Å². The lowest BCUT2D eigenvalue weighted by Crippen LogP contribution is -2.45. The fraction of sp³-hybridized carbons (Fsp3) is 0.423. The average molecular weight is 451 g/mol. The van der Waals surface area contributed by atoms with E-state index in [1.807, 2.05) is 12.1 Å². The first-order valence-corrected chi connectivity index (χ1v) is 11.4. The van der Waals surface area contributed by atoms with Crippen LogP contribution in [0.1, 0.15) is 29.5 Å². The number of phenolic OH excluding ortho intramolecular Hbond substituents is 1. The molecule has 1 aliphatic carbocycles. The summed E-state index contributed by atoms with van der Waals surface area (Å²) in [6, 6.07) is 10.0. The highest BCUT2D eigenvalue weighted by molar-refractivity contribution is 5.76. The van der Waals surface area contributed by atoms with Crippen molar-refractivity contribution >= 4 is 5.97 Å². The van der Waals surface area contributed by atoms with Gasteiger partial charge in [0.1, 0.15) is 24.0 Å². The van der Waals surface area contributed by atoms with Crippen LogP contribution >= 0.6 is 0 Å². The number of esters is 1. The number of benzene rings is 2. The van der Waals surface area contributed by atoms with Crippen LogP contribution in [0.25, 0.3) is 0 Å². The smallest absolute Gasteiger partial charge is 0.323 e. The van der Waals surface area contributed by atoms with Crippen LogP contribution in [0.4, 0.5) is 0 Å². The van der Waals surface area contributed by atoms with Crippen molar-refractivity contribution in [3.8, 4) is 17.2 Å². The predicted octanol–water partition coefficient (Wildman–Crippen LogP) is 2.68. The lowest BCUT2D eigenvalue weighted by atomic mass is 9.69. The molecule has 0 saturated heterocycles. The molecule has 2 aliphatic heterocycles. The third kappa shape index (κ3) is 3.85. The molecule has 0 saturated carbocycles. The number of hydrogen-bond acceptors (Lipinski definition) is 7. The normalized spacial score (nSPS) is 26.5. The van der Waals surface area contributed by atoms with Crippen LogP contribution in [0.5, 0.6) is 17.2 Å². The number of aromatic hydroxyl groups is 1. The molecule has 7 heteroatoms. The van der Waals surface area contributed by atoms with E-state index < -0.39 is 18.1 Å². The van der Waals surface area contributed by atoms with Gasteiger partial charge in [-0.15, -0.1) is 0 Å². The summed E-state index contributed by atoms with van der Waals surface area (Å²) in [7, 11) is 3.80. The van der Waals surface area contributed by atoms with Gasteiger partial charge in [0.05, 0.1) is 12.5 Å². The minimum absolute atomic E-state index is 0.134. The molecule has 0 unspecified atom stereocenters. The first kappa shape index (κ1) is 21.8. The van der Waals surface area contributed by atoms with Crippen molar-refractivity contribution in [2.45, 2.75) is 49.5 Å². The first-order valence-electron chi connectivity index (χ1n) is 11.4. The lowest BCUT2D eigenvalue weighted by Gasteiger charge is -2.37. The minimum atomic E-state index is -0.779. The summed E-state index contributed by atoms with van der Waals surface area (Å²) in [5, 5.41) is 9.43. The van der Waals surface area contributed by atoms with Gasteiger partial charge < -0.3 is 30.0 Å². The lowest BCUT2D eigenvalue weighted by molar-refractivity contribution is -0.150. The Morgan fingerprint density at radius 1 is 1.30 bits per heavy atom. The van der Waals surface area contributed by atoms with Gasteiger partial charge in [-0.25, -0.2) is 0 Å². The van der Waals surface area contributed by atoms with Crippen LogP contribution in [0.2, 0.25) is 0 Å². The van der Waals surface area contributed by atoms with Gasteiger partial charge in [-0.1, -0.05) is 24.3 Å². The number of hydrogen-bond donors (Lipinski definition) is 2. The minimum Gasteiger partial charge on any atom is -0.508 e. The highest BCUT2D eigenvalue weighted by Gasteiger charge is 2.53. The van der Waals surface area contributed by atoms with Crippen LogP contribution in [-0.2, 0) is 27.9 Å². The molecular formula is C26H30N2O5. The second-order valence-electron chi connectivity index (χ2n) is 9.31. The summed E-state index contributed by atoms with van der Waals surface area (Å²) in [6.45, 7) is 1.81. The van der Waals surface area contributed by atoms with Crippen LogP contribution in [-0.4, -0.2) is 54.9 Å². The molecule has 2 aromatic rings. The zero-order valence-corrected chi connectivity index (χ0v) is 19.0. The Kier molecular flexibility index (Phi) is 5.54. The molecule has 0 amide bonds. The number of methoxy groups -OCH3 is 1. The van der Waals surface area contributed by atoms with Crippen molar-refractivity contribution in [1.82, 2.24) is 4.90 Å². The Morgan fingerprint density at radius 2 is 2.09 bits per heavy atom. The number of ether oxygens (including phenoxy) is 3. The van der Waals surface area contributed by atoms with E-state index in [2.05, 4.69) is 24.1 Å². The summed E-state index contributed by atoms with van der Waals surface area (Å²) in [5.74, 6) is 1.29. The van der Waals surface area contributed by atoms with Crippen molar-refractivity contribution < 1.29 is 24.1 Å². The predicted molar refractivity (Wildman–Crippen MR) is 123 cm³/mol. The maximum absolute atomic E-state index is 12.7. The van der Waals surface area contributed by atoms with Crippen molar-refractivity contribution in [3.05, 3.63) is 65.2 Å². The monoisotopic (exact) mass is 450 g/mol. The van der Waals surface area contributed by atoms with E-state index in [1.54, 1.807) is 31.4 Å². The van der Waals surface area contributed by atoms with Crippen molar-refractivity contribution in [2.24, 2.45) is 5.73 Å². The zero-order chi connectivity index (χ0) is 23.2. The second kappa shape index (κ2) is 8.39. The maximum atomic E-state index is 12.7. The average Bonchev–Trinajstić information content (AvgIpc) is 3.06. The summed E-state index contributed by atoms with van der Waals surface area (Å²) in [5.41, 5.74) is 9.20. The number of rotatable bonds is 5. The summed E-state index contributed by atoms with van der Waals surface area (Å²) >= 11 is 0. The second-order valence-corrected chi connectivity index (χ2v) is 9.31. The highest BCUT2D eigenvalue weighted by atomic mass is 16.6. The van der Waals surface area contributed by atoms with Crippen molar-refractivity contribution in [2.75, 3.05) is 20.7 Å². The molecule has 2 heterocycles. The zero-order valence-electron chi connectivity index (χ0n) is 19.0. The van der Waals surface area contributed by atoms with E-state index in [1.165, 1.54) is 11.1 Å². The quantitative estimate of drug-likeness (QED) is 0.534. The van der Waals surface area contributed by atoms with Crippen molar-refractivity contribution in [1.29, 1.82) is 0 Å². The van der Waals surface area contributed by atoms with Crippen LogP contribution in [0.3, 0.4) is 0 Å². The molecule has 2 aromatic carbocycles. The fourth-order valence-corrected chi connectivity index (χ4v) is 5.36. The van der Waals surface area contributed by atoms with E-state index >= 15 is 0 Å². The molecule has 4 atom stereocenters. The largest absolute Gasteiger partial charge is 0.508 e. The molecule has 0 radical (unpaired) electrons. The van der Waals surface area contributed by atoms with Gasteiger partial charge in [-0.3, -0.25) is 4.79 Å². The highest BCUT2D eigenvalue weighted by Crippen LogP contribution is 2.55.